The summed E-state index contributed by atoms with van der Waals surface area (Å²) < 4.78 is 0. The van der Waals surface area contributed by atoms with Gasteiger partial charge in [0.15, 0.2) is 0 Å². The van der Waals surface area contributed by atoms with Crippen molar-refractivity contribution < 1.29 is 4.92 Å². The fraction of sp³-hybridized carbons (Fsp3) is 0.158. The van der Waals surface area contributed by atoms with Gasteiger partial charge in [-0.05, 0) is 49.2 Å². The van der Waals surface area contributed by atoms with E-state index < -0.39 is 10.6 Å². The van der Waals surface area contributed by atoms with E-state index in [0.29, 0.717) is 0 Å². The van der Waals surface area contributed by atoms with Gasteiger partial charge in [0.2, 0.25) is 11.9 Å². The second-order valence-electron chi connectivity index (χ2n) is 6.55. The third kappa shape index (κ3) is 3.95. The SMILES string of the molecule is CC1(C)N=C(N)N=C(N)N1c1cccc(/C=C\c2ccc([N+](=O)[O-])cc2)c1. The van der Waals surface area contributed by atoms with Crippen LogP contribution >= 0.6 is 0 Å². The number of aliphatic imine (C=N–C) groups is 2. The number of guanidine groups is 2. The van der Waals surface area contributed by atoms with Crippen molar-refractivity contribution in [2.45, 2.75) is 19.5 Å². The first-order valence-electron chi connectivity index (χ1n) is 8.28. The quantitative estimate of drug-likeness (QED) is 0.490. The standard InChI is InChI=1S/C19H20N6O2/c1-19(2)23-17(20)22-18(21)24(19)16-5-3-4-14(12-16)7-6-13-8-10-15(11-9-13)25(26)27/h3-12H,1-2H3,(H4,20,21,22,23)/b7-6-. The summed E-state index contributed by atoms with van der Waals surface area (Å²) in [6.45, 7) is 3.81. The summed E-state index contributed by atoms with van der Waals surface area (Å²) in [5, 5.41) is 10.7. The van der Waals surface area contributed by atoms with Crippen molar-refractivity contribution in [2.75, 3.05) is 4.90 Å². The molecule has 4 N–H and O–H groups in total. The fourth-order valence-electron chi connectivity index (χ4n) is 2.92. The third-order valence-corrected chi connectivity index (χ3v) is 4.09. The van der Waals surface area contributed by atoms with Gasteiger partial charge in [-0.15, -0.1) is 0 Å². The summed E-state index contributed by atoms with van der Waals surface area (Å²) >= 11 is 0. The van der Waals surface area contributed by atoms with Gasteiger partial charge < -0.3 is 11.5 Å². The Morgan fingerprint density at radius 2 is 1.74 bits per heavy atom. The molecule has 2 aromatic rings. The predicted molar refractivity (Wildman–Crippen MR) is 108 cm³/mol. The molecule has 0 atom stereocenters. The van der Waals surface area contributed by atoms with Gasteiger partial charge >= 0.3 is 0 Å². The Kier molecular flexibility index (Phi) is 4.64. The van der Waals surface area contributed by atoms with Crippen LogP contribution in [0.1, 0.15) is 25.0 Å². The lowest BCUT2D eigenvalue weighted by atomic mass is 10.1. The number of anilines is 1. The van der Waals surface area contributed by atoms with E-state index >= 15 is 0 Å². The molecule has 0 radical (unpaired) electrons. The molecule has 27 heavy (non-hydrogen) atoms. The van der Waals surface area contributed by atoms with Crippen LogP contribution in [-0.2, 0) is 0 Å². The molecule has 1 heterocycles. The molecule has 1 aliphatic rings. The van der Waals surface area contributed by atoms with Gasteiger partial charge in [-0.25, -0.2) is 4.99 Å². The average molecular weight is 364 g/mol. The maximum atomic E-state index is 10.7. The highest BCUT2D eigenvalue weighted by Crippen LogP contribution is 2.28. The summed E-state index contributed by atoms with van der Waals surface area (Å²) in [5.74, 6) is 0.437. The van der Waals surface area contributed by atoms with E-state index in [-0.39, 0.29) is 17.6 Å². The van der Waals surface area contributed by atoms with Crippen LogP contribution < -0.4 is 16.4 Å². The van der Waals surface area contributed by atoms with Gasteiger partial charge in [0, 0.05) is 17.8 Å². The van der Waals surface area contributed by atoms with Crippen molar-refractivity contribution in [1.82, 2.24) is 0 Å². The van der Waals surface area contributed by atoms with Crippen LogP contribution in [0.5, 0.6) is 0 Å². The molecule has 2 aromatic carbocycles. The highest BCUT2D eigenvalue weighted by Gasteiger charge is 2.32. The summed E-state index contributed by atoms with van der Waals surface area (Å²) in [6.07, 6.45) is 3.81. The summed E-state index contributed by atoms with van der Waals surface area (Å²) in [6, 6.07) is 14.1. The maximum absolute atomic E-state index is 10.7. The Morgan fingerprint density at radius 1 is 1.07 bits per heavy atom. The fourth-order valence-corrected chi connectivity index (χ4v) is 2.92. The first-order chi connectivity index (χ1) is 12.8. The molecule has 0 aromatic heterocycles. The molecule has 8 nitrogen and oxygen atoms in total. The van der Waals surface area contributed by atoms with E-state index in [2.05, 4.69) is 9.98 Å². The highest BCUT2D eigenvalue weighted by atomic mass is 16.6. The van der Waals surface area contributed by atoms with Crippen molar-refractivity contribution >= 4 is 35.4 Å². The molecule has 0 unspecified atom stereocenters. The minimum atomic E-state index is -0.656. The highest BCUT2D eigenvalue weighted by molar-refractivity contribution is 6.05. The summed E-state index contributed by atoms with van der Waals surface area (Å²) in [7, 11) is 0. The van der Waals surface area contributed by atoms with Crippen molar-refractivity contribution in [1.29, 1.82) is 0 Å². The minimum absolute atomic E-state index is 0.0658. The molecule has 3 rings (SSSR count). The van der Waals surface area contributed by atoms with Crippen LogP contribution in [0.15, 0.2) is 58.5 Å². The molecule has 0 saturated carbocycles. The van der Waals surface area contributed by atoms with Gasteiger partial charge in [0.25, 0.3) is 5.69 Å². The lowest BCUT2D eigenvalue weighted by Crippen LogP contribution is -2.54. The lowest BCUT2D eigenvalue weighted by molar-refractivity contribution is -0.384. The molecule has 1 aliphatic heterocycles. The number of nitrogens with two attached hydrogens (primary N) is 2. The number of nitrogens with zero attached hydrogens (tertiary/aromatic N) is 4. The number of hydrogen-bond acceptors (Lipinski definition) is 7. The van der Waals surface area contributed by atoms with Gasteiger partial charge in [-0.2, -0.15) is 4.99 Å². The second kappa shape index (κ2) is 6.91. The topological polar surface area (TPSA) is 123 Å². The van der Waals surface area contributed by atoms with Crippen molar-refractivity contribution in [2.24, 2.45) is 21.5 Å². The van der Waals surface area contributed by atoms with Gasteiger partial charge in [-0.3, -0.25) is 15.0 Å². The van der Waals surface area contributed by atoms with E-state index in [1.807, 2.05) is 55.2 Å². The van der Waals surface area contributed by atoms with E-state index in [9.17, 15) is 10.1 Å². The number of hydrogen-bond donors (Lipinski definition) is 2. The van der Waals surface area contributed by atoms with E-state index in [0.717, 1.165) is 16.8 Å². The lowest BCUT2D eigenvalue weighted by Gasteiger charge is -2.38. The monoisotopic (exact) mass is 364 g/mol. The second-order valence-corrected chi connectivity index (χ2v) is 6.55. The van der Waals surface area contributed by atoms with E-state index in [1.165, 1.54) is 12.1 Å². The Hall–Kier alpha value is -3.68. The normalized spacial score (nSPS) is 16.1. The van der Waals surface area contributed by atoms with E-state index in [4.69, 9.17) is 11.5 Å². The van der Waals surface area contributed by atoms with Crippen LogP contribution in [0, 0.1) is 10.1 Å². The van der Waals surface area contributed by atoms with Gasteiger partial charge in [0.05, 0.1) is 4.92 Å². The van der Waals surface area contributed by atoms with Crippen molar-refractivity contribution in [3.05, 3.63) is 69.8 Å². The smallest absolute Gasteiger partial charge is 0.269 e. The number of rotatable bonds is 4. The first kappa shape index (κ1) is 18.1. The number of benzene rings is 2. The minimum Gasteiger partial charge on any atom is -0.369 e. The third-order valence-electron chi connectivity index (χ3n) is 4.09. The van der Waals surface area contributed by atoms with Crippen LogP contribution in [0.2, 0.25) is 0 Å². The van der Waals surface area contributed by atoms with Crippen LogP contribution in [0.4, 0.5) is 11.4 Å². The average Bonchev–Trinajstić information content (AvgIpc) is 2.59. The molecule has 0 aliphatic carbocycles. The maximum Gasteiger partial charge on any atom is 0.269 e. The zero-order chi connectivity index (χ0) is 19.6. The summed E-state index contributed by atoms with van der Waals surface area (Å²) in [5.41, 5.74) is 13.8. The van der Waals surface area contributed by atoms with Gasteiger partial charge in [0.1, 0.15) is 5.66 Å². The molecule has 0 amide bonds. The van der Waals surface area contributed by atoms with Gasteiger partial charge in [-0.1, -0.05) is 24.3 Å². The Morgan fingerprint density at radius 3 is 2.37 bits per heavy atom. The molecular weight excluding hydrogens is 344 g/mol. The zero-order valence-corrected chi connectivity index (χ0v) is 15.0. The molecule has 0 saturated heterocycles. The molecular formula is C19H20N6O2. The Balaban J connectivity index is 1.86. The molecule has 8 heteroatoms. The molecule has 0 bridgehead atoms. The largest absolute Gasteiger partial charge is 0.369 e. The number of non-ortho nitro benzene ring substituents is 1. The van der Waals surface area contributed by atoms with E-state index in [1.54, 1.807) is 12.1 Å². The number of nitro groups is 1. The van der Waals surface area contributed by atoms with Crippen LogP contribution in [0.25, 0.3) is 12.2 Å². The molecule has 0 spiro atoms. The zero-order valence-electron chi connectivity index (χ0n) is 15.0. The summed E-state index contributed by atoms with van der Waals surface area (Å²) in [4.78, 5) is 20.5. The molecule has 0 fully saturated rings. The predicted octanol–water partition coefficient (Wildman–Crippen LogP) is 2.95. The van der Waals surface area contributed by atoms with Crippen molar-refractivity contribution in [3.63, 3.8) is 0 Å². The molecule has 138 valence electrons. The Labute approximate surface area is 156 Å². The first-order valence-corrected chi connectivity index (χ1v) is 8.28. The Bertz CT molecular complexity index is 960. The van der Waals surface area contributed by atoms with Crippen LogP contribution in [-0.4, -0.2) is 22.5 Å². The van der Waals surface area contributed by atoms with Crippen molar-refractivity contribution in [3.8, 4) is 0 Å². The number of nitro benzene ring substituents is 1. The van der Waals surface area contributed by atoms with Crippen LogP contribution in [0.3, 0.4) is 0 Å².